The number of nitrogens with zero attached hydrogens (tertiary/aromatic N) is 3. The summed E-state index contributed by atoms with van der Waals surface area (Å²) >= 11 is 0. The van der Waals surface area contributed by atoms with Gasteiger partial charge in [0, 0.05) is 36.3 Å². The van der Waals surface area contributed by atoms with Gasteiger partial charge in [-0.15, -0.1) is 0 Å². The third kappa shape index (κ3) is 4.29. The van der Waals surface area contributed by atoms with E-state index in [0.717, 1.165) is 5.56 Å². The number of aromatic nitrogens is 2. The Morgan fingerprint density at radius 2 is 2.04 bits per heavy atom. The number of benzene rings is 2. The van der Waals surface area contributed by atoms with Crippen LogP contribution in [0.4, 0.5) is 11.4 Å². The average molecular weight is 336 g/mol. The molecule has 3 aromatic rings. The Morgan fingerprint density at radius 1 is 1.20 bits per heavy atom. The summed E-state index contributed by atoms with van der Waals surface area (Å²) in [5, 5.41) is 13.8. The van der Waals surface area contributed by atoms with Crippen molar-refractivity contribution in [2.75, 3.05) is 5.32 Å². The molecular formula is C18H16N4O3. The first-order chi connectivity index (χ1) is 12.1. The minimum Gasteiger partial charge on any atom is -0.333 e. The van der Waals surface area contributed by atoms with E-state index in [1.807, 2.05) is 29.0 Å². The molecule has 2 aromatic carbocycles. The topological polar surface area (TPSA) is 90.1 Å². The van der Waals surface area contributed by atoms with Crippen molar-refractivity contribution in [1.82, 2.24) is 9.55 Å². The lowest BCUT2D eigenvalue weighted by molar-refractivity contribution is -0.385. The summed E-state index contributed by atoms with van der Waals surface area (Å²) in [5.74, 6) is -0.297. The second-order valence-electron chi connectivity index (χ2n) is 5.55. The third-order valence-electron chi connectivity index (χ3n) is 3.67. The number of anilines is 1. The van der Waals surface area contributed by atoms with Gasteiger partial charge >= 0.3 is 0 Å². The van der Waals surface area contributed by atoms with Crippen molar-refractivity contribution >= 4 is 17.3 Å². The number of imidazole rings is 1. The van der Waals surface area contributed by atoms with Crippen molar-refractivity contribution in [1.29, 1.82) is 0 Å². The standard InChI is InChI=1S/C18H16N4O3/c23-18(11-15-5-1-2-7-17(15)22(24)25)20-16-6-3-4-14(10-16)12-21-9-8-19-13-21/h1-10,13H,11-12H2,(H,20,23). The molecule has 0 saturated carbocycles. The molecule has 0 radical (unpaired) electrons. The maximum atomic E-state index is 12.2. The molecule has 0 aliphatic rings. The number of carbonyl (C=O) groups excluding carboxylic acids is 1. The number of carbonyl (C=O) groups is 1. The molecule has 0 aliphatic carbocycles. The monoisotopic (exact) mass is 336 g/mol. The van der Waals surface area contributed by atoms with Crippen LogP contribution in [-0.2, 0) is 17.8 Å². The zero-order chi connectivity index (χ0) is 17.6. The average Bonchev–Trinajstić information content (AvgIpc) is 3.08. The van der Waals surface area contributed by atoms with Gasteiger partial charge in [-0.2, -0.15) is 0 Å². The summed E-state index contributed by atoms with van der Waals surface area (Å²) in [6.07, 6.45) is 5.24. The van der Waals surface area contributed by atoms with Gasteiger partial charge in [-0.25, -0.2) is 4.98 Å². The third-order valence-corrected chi connectivity index (χ3v) is 3.67. The first kappa shape index (κ1) is 16.4. The summed E-state index contributed by atoms with van der Waals surface area (Å²) in [5.41, 5.74) is 2.01. The van der Waals surface area contributed by atoms with Crippen LogP contribution in [0.3, 0.4) is 0 Å². The lowest BCUT2D eigenvalue weighted by atomic mass is 10.1. The lowest BCUT2D eigenvalue weighted by Gasteiger charge is -2.08. The molecule has 1 amide bonds. The number of nitro benzene ring substituents is 1. The SMILES string of the molecule is O=C(Cc1ccccc1[N+](=O)[O-])Nc1cccc(Cn2ccnc2)c1. The van der Waals surface area contributed by atoms with Gasteiger partial charge in [0.15, 0.2) is 0 Å². The molecule has 1 heterocycles. The van der Waals surface area contributed by atoms with Crippen LogP contribution < -0.4 is 5.32 Å². The summed E-state index contributed by atoms with van der Waals surface area (Å²) in [7, 11) is 0. The Labute approximate surface area is 144 Å². The van der Waals surface area contributed by atoms with E-state index < -0.39 is 4.92 Å². The van der Waals surface area contributed by atoms with Crippen molar-refractivity contribution < 1.29 is 9.72 Å². The van der Waals surface area contributed by atoms with Crippen molar-refractivity contribution in [3.05, 3.63) is 88.5 Å². The Kier molecular flexibility index (Phi) is 4.84. The number of nitro groups is 1. The van der Waals surface area contributed by atoms with E-state index in [0.29, 0.717) is 17.8 Å². The second kappa shape index (κ2) is 7.39. The van der Waals surface area contributed by atoms with E-state index in [4.69, 9.17) is 0 Å². The number of nitrogens with one attached hydrogen (secondary N) is 1. The van der Waals surface area contributed by atoms with Gasteiger partial charge in [0.05, 0.1) is 17.7 Å². The molecule has 7 nitrogen and oxygen atoms in total. The molecule has 25 heavy (non-hydrogen) atoms. The minimum atomic E-state index is -0.478. The van der Waals surface area contributed by atoms with Crippen molar-refractivity contribution in [3.63, 3.8) is 0 Å². The van der Waals surface area contributed by atoms with Crippen LogP contribution in [0.5, 0.6) is 0 Å². The molecular weight excluding hydrogens is 320 g/mol. The van der Waals surface area contributed by atoms with E-state index in [1.54, 1.807) is 36.8 Å². The Balaban J connectivity index is 1.68. The number of amides is 1. The first-order valence-electron chi connectivity index (χ1n) is 7.68. The van der Waals surface area contributed by atoms with E-state index in [1.165, 1.54) is 6.07 Å². The van der Waals surface area contributed by atoms with Crippen molar-refractivity contribution in [2.24, 2.45) is 0 Å². The second-order valence-corrected chi connectivity index (χ2v) is 5.55. The normalized spacial score (nSPS) is 10.4. The molecule has 126 valence electrons. The summed E-state index contributed by atoms with van der Waals surface area (Å²) in [4.78, 5) is 26.8. The minimum absolute atomic E-state index is 0.0495. The smallest absolute Gasteiger partial charge is 0.273 e. The number of rotatable bonds is 6. The lowest BCUT2D eigenvalue weighted by Crippen LogP contribution is -2.15. The molecule has 0 bridgehead atoms. The van der Waals surface area contributed by atoms with Gasteiger partial charge < -0.3 is 9.88 Å². The maximum absolute atomic E-state index is 12.2. The van der Waals surface area contributed by atoms with Crippen LogP contribution in [0.15, 0.2) is 67.3 Å². The van der Waals surface area contributed by atoms with Crippen LogP contribution in [0, 0.1) is 10.1 Å². The zero-order valence-electron chi connectivity index (χ0n) is 13.3. The quantitative estimate of drug-likeness (QED) is 0.553. The molecule has 0 aliphatic heterocycles. The van der Waals surface area contributed by atoms with E-state index in [9.17, 15) is 14.9 Å². The summed E-state index contributed by atoms with van der Waals surface area (Å²) < 4.78 is 1.92. The van der Waals surface area contributed by atoms with Crippen LogP contribution in [-0.4, -0.2) is 20.4 Å². The fraction of sp³-hybridized carbons (Fsp3) is 0.111. The highest BCUT2D eigenvalue weighted by Gasteiger charge is 2.15. The molecule has 0 unspecified atom stereocenters. The number of hydrogen-bond acceptors (Lipinski definition) is 4. The van der Waals surface area contributed by atoms with Gasteiger partial charge in [-0.3, -0.25) is 14.9 Å². The maximum Gasteiger partial charge on any atom is 0.273 e. The molecule has 1 N–H and O–H groups in total. The molecule has 0 fully saturated rings. The largest absolute Gasteiger partial charge is 0.333 e. The Morgan fingerprint density at radius 3 is 2.80 bits per heavy atom. The highest BCUT2D eigenvalue weighted by atomic mass is 16.6. The predicted molar refractivity (Wildman–Crippen MR) is 93.2 cm³/mol. The van der Waals surface area contributed by atoms with Gasteiger partial charge in [-0.05, 0) is 17.7 Å². The fourth-order valence-corrected chi connectivity index (χ4v) is 2.56. The van der Waals surface area contributed by atoms with E-state index in [2.05, 4.69) is 10.3 Å². The Hall–Kier alpha value is -3.48. The van der Waals surface area contributed by atoms with Crippen LogP contribution in [0.25, 0.3) is 0 Å². The van der Waals surface area contributed by atoms with Gasteiger partial charge in [0.25, 0.3) is 5.69 Å². The van der Waals surface area contributed by atoms with Crippen LogP contribution >= 0.6 is 0 Å². The Bertz CT molecular complexity index is 891. The molecule has 7 heteroatoms. The van der Waals surface area contributed by atoms with Gasteiger partial charge in [0.2, 0.25) is 5.91 Å². The summed E-state index contributed by atoms with van der Waals surface area (Å²) in [6.45, 7) is 0.647. The number of hydrogen-bond donors (Lipinski definition) is 1. The van der Waals surface area contributed by atoms with Crippen molar-refractivity contribution in [3.8, 4) is 0 Å². The molecule has 1 aromatic heterocycles. The molecule has 0 spiro atoms. The van der Waals surface area contributed by atoms with Gasteiger partial charge in [0.1, 0.15) is 0 Å². The first-order valence-corrected chi connectivity index (χ1v) is 7.68. The fourth-order valence-electron chi connectivity index (χ4n) is 2.56. The highest BCUT2D eigenvalue weighted by Crippen LogP contribution is 2.19. The highest BCUT2D eigenvalue weighted by molar-refractivity contribution is 5.92. The molecule has 0 atom stereocenters. The zero-order valence-corrected chi connectivity index (χ0v) is 13.3. The molecule has 3 rings (SSSR count). The van der Waals surface area contributed by atoms with Crippen LogP contribution in [0.1, 0.15) is 11.1 Å². The van der Waals surface area contributed by atoms with Gasteiger partial charge in [-0.1, -0.05) is 30.3 Å². The van der Waals surface area contributed by atoms with E-state index >= 15 is 0 Å². The predicted octanol–water partition coefficient (Wildman–Crippen LogP) is 3.02. The van der Waals surface area contributed by atoms with Crippen LogP contribution in [0.2, 0.25) is 0 Å². The van der Waals surface area contributed by atoms with E-state index in [-0.39, 0.29) is 18.0 Å². The summed E-state index contributed by atoms with van der Waals surface area (Å²) in [6, 6.07) is 13.7. The van der Waals surface area contributed by atoms with Crippen molar-refractivity contribution in [2.45, 2.75) is 13.0 Å². The number of para-hydroxylation sites is 1. The molecule has 0 saturated heterocycles.